The Morgan fingerprint density at radius 1 is 0.828 bits per heavy atom. The Labute approximate surface area is 167 Å². The number of carboxylic acids is 2. The van der Waals surface area contributed by atoms with Gasteiger partial charge in [0.05, 0.1) is 5.92 Å². The molecule has 8 heteroatoms. The Kier molecular flexibility index (Phi) is 7.90. The molecule has 3 atom stereocenters. The smallest absolute Gasteiger partial charge is 0.326 e. The molecule has 0 saturated heterocycles. The molecule has 0 saturated carbocycles. The van der Waals surface area contributed by atoms with Gasteiger partial charge in [0.1, 0.15) is 12.1 Å². The van der Waals surface area contributed by atoms with Gasteiger partial charge in [0.15, 0.2) is 0 Å². The van der Waals surface area contributed by atoms with Crippen LogP contribution in [0, 0.1) is 5.92 Å². The molecule has 8 nitrogen and oxygen atoms in total. The Bertz CT molecular complexity index is 841. The van der Waals surface area contributed by atoms with Gasteiger partial charge in [-0.25, -0.2) is 4.79 Å². The van der Waals surface area contributed by atoms with Gasteiger partial charge >= 0.3 is 11.9 Å². The maximum atomic E-state index is 12.7. The van der Waals surface area contributed by atoms with Crippen LogP contribution >= 0.6 is 0 Å². The summed E-state index contributed by atoms with van der Waals surface area (Å²) < 4.78 is 0. The quantitative estimate of drug-likeness (QED) is 0.415. The van der Waals surface area contributed by atoms with Crippen molar-refractivity contribution >= 4 is 24.3 Å². The van der Waals surface area contributed by atoms with Gasteiger partial charge < -0.3 is 20.8 Å². The molecular weight excluding hydrogens is 376 g/mol. The minimum atomic E-state index is -1.43. The van der Waals surface area contributed by atoms with Crippen LogP contribution in [0.2, 0.25) is 0 Å². The van der Waals surface area contributed by atoms with Crippen LogP contribution in [0.5, 0.6) is 0 Å². The molecule has 0 aliphatic rings. The number of nitrogens with one attached hydrogen (secondary N) is 2. The van der Waals surface area contributed by atoms with Crippen molar-refractivity contribution in [1.29, 1.82) is 0 Å². The monoisotopic (exact) mass is 398 g/mol. The predicted octanol–water partition coefficient (Wildman–Crippen LogP) is 0.857. The number of carboxylic acid groups (broad SMARTS) is 2. The Hall–Kier alpha value is -3.68. The van der Waals surface area contributed by atoms with Crippen LogP contribution in [-0.4, -0.2) is 46.6 Å². The average molecular weight is 398 g/mol. The van der Waals surface area contributed by atoms with E-state index in [1.807, 2.05) is 0 Å². The van der Waals surface area contributed by atoms with Crippen molar-refractivity contribution < 1.29 is 29.4 Å². The minimum absolute atomic E-state index is 0.00841. The molecule has 0 spiro atoms. The largest absolute Gasteiger partial charge is 0.481 e. The van der Waals surface area contributed by atoms with Gasteiger partial charge in [0, 0.05) is 6.42 Å². The fourth-order valence-electron chi connectivity index (χ4n) is 2.98. The second-order valence-corrected chi connectivity index (χ2v) is 6.49. The van der Waals surface area contributed by atoms with Crippen molar-refractivity contribution in [3.05, 3.63) is 71.8 Å². The van der Waals surface area contributed by atoms with Gasteiger partial charge in [-0.1, -0.05) is 60.7 Å². The third kappa shape index (κ3) is 6.46. The van der Waals surface area contributed by atoms with Crippen molar-refractivity contribution in [1.82, 2.24) is 10.6 Å². The van der Waals surface area contributed by atoms with E-state index in [9.17, 15) is 29.4 Å². The van der Waals surface area contributed by atoms with Gasteiger partial charge in [-0.15, -0.1) is 0 Å². The molecule has 2 aromatic rings. The van der Waals surface area contributed by atoms with Gasteiger partial charge in [0.25, 0.3) is 0 Å². The van der Waals surface area contributed by atoms with E-state index >= 15 is 0 Å². The molecule has 1 unspecified atom stereocenters. The highest BCUT2D eigenvalue weighted by Crippen LogP contribution is 2.14. The minimum Gasteiger partial charge on any atom is -0.481 e. The molecule has 152 valence electrons. The zero-order valence-corrected chi connectivity index (χ0v) is 15.5. The Morgan fingerprint density at radius 3 is 1.79 bits per heavy atom. The Morgan fingerprint density at radius 2 is 1.34 bits per heavy atom. The van der Waals surface area contributed by atoms with Gasteiger partial charge in [-0.3, -0.25) is 14.4 Å². The number of hydrogen-bond donors (Lipinski definition) is 4. The molecule has 0 bridgehead atoms. The van der Waals surface area contributed by atoms with E-state index in [1.165, 1.54) is 0 Å². The average Bonchev–Trinajstić information content (AvgIpc) is 2.71. The summed E-state index contributed by atoms with van der Waals surface area (Å²) in [6.07, 6.45) is 0.246. The van der Waals surface area contributed by atoms with E-state index in [2.05, 4.69) is 10.6 Å². The third-order valence-electron chi connectivity index (χ3n) is 4.45. The van der Waals surface area contributed by atoms with E-state index in [4.69, 9.17) is 0 Å². The highest BCUT2D eigenvalue weighted by atomic mass is 16.4. The summed E-state index contributed by atoms with van der Waals surface area (Å²) in [6.45, 7) is 0. The number of amides is 2. The SMILES string of the molecule is O=CN[C@H](C(=O)N[C@@H](Cc1ccccc1)C(=O)O)C(Cc1ccccc1)C(=O)O. The van der Waals surface area contributed by atoms with E-state index in [1.54, 1.807) is 60.7 Å². The maximum Gasteiger partial charge on any atom is 0.326 e. The summed E-state index contributed by atoms with van der Waals surface area (Å²) in [6, 6.07) is 14.7. The highest BCUT2D eigenvalue weighted by Gasteiger charge is 2.35. The zero-order valence-electron chi connectivity index (χ0n) is 15.5. The number of rotatable bonds is 11. The predicted molar refractivity (Wildman–Crippen MR) is 104 cm³/mol. The number of hydrogen-bond acceptors (Lipinski definition) is 4. The summed E-state index contributed by atoms with van der Waals surface area (Å²) in [7, 11) is 0. The molecule has 2 aromatic carbocycles. The second kappa shape index (κ2) is 10.6. The highest BCUT2D eigenvalue weighted by molar-refractivity contribution is 5.92. The fourth-order valence-corrected chi connectivity index (χ4v) is 2.98. The lowest BCUT2D eigenvalue weighted by molar-refractivity contribution is -0.146. The van der Waals surface area contributed by atoms with E-state index < -0.39 is 35.8 Å². The van der Waals surface area contributed by atoms with Crippen LogP contribution < -0.4 is 10.6 Å². The van der Waals surface area contributed by atoms with Crippen LogP contribution in [0.3, 0.4) is 0 Å². The van der Waals surface area contributed by atoms with Crippen LogP contribution in [-0.2, 0) is 32.0 Å². The summed E-state index contributed by atoms with van der Waals surface area (Å²) >= 11 is 0. The molecule has 0 aliphatic heterocycles. The van der Waals surface area contributed by atoms with Crippen molar-refractivity contribution in [3.8, 4) is 0 Å². The van der Waals surface area contributed by atoms with E-state index in [0.717, 1.165) is 0 Å². The van der Waals surface area contributed by atoms with Crippen molar-refractivity contribution in [3.63, 3.8) is 0 Å². The lowest BCUT2D eigenvalue weighted by atomic mass is 9.91. The summed E-state index contributed by atoms with van der Waals surface area (Å²) in [4.78, 5) is 47.1. The van der Waals surface area contributed by atoms with E-state index in [-0.39, 0.29) is 19.3 Å². The fraction of sp³-hybridized carbons (Fsp3) is 0.238. The first-order valence-electron chi connectivity index (χ1n) is 8.96. The normalized spacial score (nSPS) is 13.5. The zero-order chi connectivity index (χ0) is 21.2. The molecule has 2 amide bonds. The number of aliphatic carboxylic acids is 2. The van der Waals surface area contributed by atoms with Gasteiger partial charge in [-0.05, 0) is 17.5 Å². The van der Waals surface area contributed by atoms with Crippen molar-refractivity contribution in [2.75, 3.05) is 0 Å². The van der Waals surface area contributed by atoms with Crippen LogP contribution in [0.25, 0.3) is 0 Å². The van der Waals surface area contributed by atoms with E-state index in [0.29, 0.717) is 11.1 Å². The number of carbonyl (C=O) groups excluding carboxylic acids is 2. The first-order chi connectivity index (χ1) is 13.9. The standard InChI is InChI=1S/C21H22N2O6/c24-13-22-18(16(20(26)27)11-14-7-3-1-4-8-14)19(25)23-17(21(28)29)12-15-9-5-2-6-10-15/h1-10,13,16-18H,11-12H2,(H,22,24)(H,23,25)(H,26,27)(H,28,29)/t16?,17-,18-/m0/s1. The molecule has 2 rings (SSSR count). The topological polar surface area (TPSA) is 133 Å². The first kappa shape index (κ1) is 21.6. The summed E-state index contributed by atoms with van der Waals surface area (Å²) in [5.41, 5.74) is 1.36. The summed E-state index contributed by atoms with van der Waals surface area (Å²) in [5.74, 6) is -4.68. The third-order valence-corrected chi connectivity index (χ3v) is 4.45. The van der Waals surface area contributed by atoms with Gasteiger partial charge in [-0.2, -0.15) is 0 Å². The van der Waals surface area contributed by atoms with Crippen LogP contribution in [0.4, 0.5) is 0 Å². The van der Waals surface area contributed by atoms with Crippen LogP contribution in [0.15, 0.2) is 60.7 Å². The number of benzene rings is 2. The molecule has 29 heavy (non-hydrogen) atoms. The second-order valence-electron chi connectivity index (χ2n) is 6.49. The maximum absolute atomic E-state index is 12.7. The van der Waals surface area contributed by atoms with Gasteiger partial charge in [0.2, 0.25) is 12.3 Å². The lowest BCUT2D eigenvalue weighted by Gasteiger charge is -2.25. The molecule has 0 radical (unpaired) electrons. The van der Waals surface area contributed by atoms with Crippen LogP contribution in [0.1, 0.15) is 11.1 Å². The summed E-state index contributed by atoms with van der Waals surface area (Å²) in [5, 5.41) is 23.6. The molecule has 0 aromatic heterocycles. The van der Waals surface area contributed by atoms with Crippen molar-refractivity contribution in [2.45, 2.75) is 24.9 Å². The molecular formula is C21H22N2O6. The molecule has 0 fully saturated rings. The molecule has 4 N–H and O–H groups in total. The molecule has 0 aliphatic carbocycles. The Balaban J connectivity index is 2.19. The first-order valence-corrected chi connectivity index (χ1v) is 8.96. The molecule has 0 heterocycles. The lowest BCUT2D eigenvalue weighted by Crippen LogP contribution is -2.55. The van der Waals surface area contributed by atoms with Crippen molar-refractivity contribution in [2.24, 2.45) is 5.92 Å². The number of carbonyl (C=O) groups is 4.